The number of hydrogen-bond acceptors (Lipinski definition) is 4. The molecule has 0 amide bonds. The van der Waals surface area contributed by atoms with E-state index in [1.807, 2.05) is 42.5 Å². The number of rotatable bonds is 5. The first-order valence-corrected chi connectivity index (χ1v) is 8.25. The van der Waals surface area contributed by atoms with Crippen LogP contribution in [0.4, 0.5) is 0 Å². The van der Waals surface area contributed by atoms with Gasteiger partial charge in [0.1, 0.15) is 0 Å². The van der Waals surface area contributed by atoms with Gasteiger partial charge in [0.2, 0.25) is 0 Å². The van der Waals surface area contributed by atoms with Crippen LogP contribution >= 0.6 is 0 Å². The molecule has 27 heavy (non-hydrogen) atoms. The van der Waals surface area contributed by atoms with Gasteiger partial charge in [0.25, 0.3) is 0 Å². The number of carboxylic acid groups (broad SMARTS) is 1. The van der Waals surface area contributed by atoms with Crippen LogP contribution in [-0.2, 0) is 11.2 Å². The monoisotopic (exact) mass is 359 g/mol. The summed E-state index contributed by atoms with van der Waals surface area (Å²) < 4.78 is 5.25. The summed E-state index contributed by atoms with van der Waals surface area (Å²) in [5.41, 5.74) is 2.05. The van der Waals surface area contributed by atoms with Gasteiger partial charge in [0.15, 0.2) is 11.5 Å². The molecule has 0 atom stereocenters. The number of hydrogen-bond donors (Lipinski definition) is 2. The summed E-state index contributed by atoms with van der Waals surface area (Å²) in [6.07, 6.45) is 1.54. The van der Waals surface area contributed by atoms with E-state index >= 15 is 0 Å². The van der Waals surface area contributed by atoms with E-state index in [9.17, 15) is 15.0 Å². The predicted molar refractivity (Wildman–Crippen MR) is 103 cm³/mol. The summed E-state index contributed by atoms with van der Waals surface area (Å²) in [6.45, 7) is 0. The molecular weight excluding hydrogens is 342 g/mol. The number of phenols is 1. The van der Waals surface area contributed by atoms with Crippen molar-refractivity contribution in [3.8, 4) is 17.6 Å². The molecule has 0 saturated carbocycles. The van der Waals surface area contributed by atoms with Crippen LogP contribution < -0.4 is 4.74 Å². The molecule has 5 heteroatoms. The van der Waals surface area contributed by atoms with Gasteiger partial charge in [0, 0.05) is 17.0 Å². The lowest BCUT2D eigenvalue weighted by Crippen LogP contribution is -2.02. The normalized spacial score (nSPS) is 11.2. The van der Waals surface area contributed by atoms with Gasteiger partial charge in [-0.05, 0) is 29.0 Å². The number of methoxy groups -OCH3 is 1. The van der Waals surface area contributed by atoms with Gasteiger partial charge in [0.05, 0.1) is 18.8 Å². The van der Waals surface area contributed by atoms with Crippen molar-refractivity contribution in [2.75, 3.05) is 7.11 Å². The first-order chi connectivity index (χ1) is 13.1. The zero-order chi connectivity index (χ0) is 19.4. The van der Waals surface area contributed by atoms with Crippen LogP contribution in [0.3, 0.4) is 0 Å². The van der Waals surface area contributed by atoms with E-state index in [0.717, 1.165) is 17.2 Å². The smallest absolute Gasteiger partial charge is 0.337 e. The Hall–Kier alpha value is -3.78. The first-order valence-electron chi connectivity index (χ1n) is 8.25. The summed E-state index contributed by atoms with van der Waals surface area (Å²) in [6, 6.07) is 18.4. The van der Waals surface area contributed by atoms with Gasteiger partial charge in [-0.3, -0.25) is 0 Å². The summed E-state index contributed by atoms with van der Waals surface area (Å²) in [4.78, 5) is 11.7. The highest BCUT2D eigenvalue weighted by Crippen LogP contribution is 2.41. The van der Waals surface area contributed by atoms with Crippen molar-refractivity contribution < 1.29 is 19.7 Å². The SMILES string of the molecule is COc1cc(/C(=C\C#N)C(=O)O)c2cccc(Cc3ccccc3)c2c1O. The number of fused-ring (bicyclic) bond motifs is 1. The van der Waals surface area contributed by atoms with Crippen LogP contribution in [0.15, 0.2) is 60.7 Å². The fourth-order valence-electron chi connectivity index (χ4n) is 3.17. The quantitative estimate of drug-likeness (QED) is 0.528. The Morgan fingerprint density at radius 1 is 1.19 bits per heavy atom. The Labute approximate surface area is 156 Å². The zero-order valence-electron chi connectivity index (χ0n) is 14.6. The second-order valence-corrected chi connectivity index (χ2v) is 5.97. The Balaban J connectivity index is 2.32. The van der Waals surface area contributed by atoms with Gasteiger partial charge >= 0.3 is 5.97 Å². The molecule has 0 fully saturated rings. The molecule has 134 valence electrons. The predicted octanol–water partition coefficient (Wildman–Crippen LogP) is 4.14. The number of nitrogens with zero attached hydrogens (tertiary/aromatic N) is 1. The van der Waals surface area contributed by atoms with Crippen molar-refractivity contribution in [2.24, 2.45) is 0 Å². The number of carboxylic acids is 1. The minimum atomic E-state index is -1.22. The Bertz CT molecular complexity index is 1080. The van der Waals surface area contributed by atoms with Crippen molar-refractivity contribution in [1.29, 1.82) is 5.26 Å². The Morgan fingerprint density at radius 2 is 1.93 bits per heavy atom. The topological polar surface area (TPSA) is 90.5 Å². The number of phenolic OH excluding ortho intramolecular Hbond substituents is 1. The van der Waals surface area contributed by atoms with Gasteiger partial charge < -0.3 is 14.9 Å². The van der Waals surface area contributed by atoms with Gasteiger partial charge in [-0.15, -0.1) is 0 Å². The molecule has 2 N–H and O–H groups in total. The molecule has 0 unspecified atom stereocenters. The number of allylic oxidation sites excluding steroid dienone is 1. The minimum Gasteiger partial charge on any atom is -0.504 e. The fourth-order valence-corrected chi connectivity index (χ4v) is 3.17. The molecule has 3 aromatic carbocycles. The molecule has 0 aliphatic rings. The second kappa shape index (κ2) is 7.63. The Morgan fingerprint density at radius 3 is 2.56 bits per heavy atom. The van der Waals surface area contributed by atoms with Gasteiger partial charge in [-0.1, -0.05) is 48.5 Å². The maximum atomic E-state index is 11.7. The fraction of sp³-hybridized carbons (Fsp3) is 0.0909. The molecule has 0 aromatic heterocycles. The van der Waals surface area contributed by atoms with Gasteiger partial charge in [-0.2, -0.15) is 5.26 Å². The summed E-state index contributed by atoms with van der Waals surface area (Å²) in [5.74, 6) is -1.12. The average molecular weight is 359 g/mol. The molecule has 0 aliphatic carbocycles. The third-order valence-corrected chi connectivity index (χ3v) is 4.37. The average Bonchev–Trinajstić information content (AvgIpc) is 2.67. The van der Waals surface area contributed by atoms with Crippen LogP contribution in [0, 0.1) is 11.3 Å². The molecule has 0 radical (unpaired) electrons. The van der Waals surface area contributed by atoms with Crippen molar-refractivity contribution >= 4 is 22.3 Å². The van der Waals surface area contributed by atoms with E-state index in [1.54, 1.807) is 12.1 Å². The lowest BCUT2D eigenvalue weighted by molar-refractivity contribution is -0.130. The number of aliphatic carboxylic acids is 1. The molecular formula is C22H17NO4. The minimum absolute atomic E-state index is 0.0514. The lowest BCUT2D eigenvalue weighted by atomic mass is 9.92. The largest absolute Gasteiger partial charge is 0.504 e. The molecule has 5 nitrogen and oxygen atoms in total. The van der Waals surface area contributed by atoms with Crippen molar-refractivity contribution in [2.45, 2.75) is 6.42 Å². The first kappa shape index (κ1) is 18.0. The second-order valence-electron chi connectivity index (χ2n) is 5.97. The van der Waals surface area contributed by atoms with E-state index in [1.165, 1.54) is 13.2 Å². The molecule has 0 aliphatic heterocycles. The van der Waals surface area contributed by atoms with E-state index in [-0.39, 0.29) is 17.1 Å². The van der Waals surface area contributed by atoms with Crippen LogP contribution in [0.25, 0.3) is 16.3 Å². The molecule has 0 heterocycles. The number of ether oxygens (including phenoxy) is 1. The highest BCUT2D eigenvalue weighted by Gasteiger charge is 2.20. The maximum Gasteiger partial charge on any atom is 0.337 e. The highest BCUT2D eigenvalue weighted by molar-refractivity contribution is 6.20. The number of carbonyl (C=O) groups is 1. The van der Waals surface area contributed by atoms with Crippen molar-refractivity contribution in [3.63, 3.8) is 0 Å². The third-order valence-electron chi connectivity index (χ3n) is 4.37. The van der Waals surface area contributed by atoms with Crippen molar-refractivity contribution in [1.82, 2.24) is 0 Å². The molecule has 0 saturated heterocycles. The van der Waals surface area contributed by atoms with E-state index in [0.29, 0.717) is 22.8 Å². The lowest BCUT2D eigenvalue weighted by Gasteiger charge is -2.15. The molecule has 0 bridgehead atoms. The van der Waals surface area contributed by atoms with Crippen molar-refractivity contribution in [3.05, 3.63) is 77.4 Å². The maximum absolute atomic E-state index is 11.7. The summed E-state index contributed by atoms with van der Waals surface area (Å²) in [7, 11) is 1.40. The number of aromatic hydroxyl groups is 1. The van der Waals surface area contributed by atoms with Gasteiger partial charge in [-0.25, -0.2) is 4.79 Å². The number of nitriles is 1. The van der Waals surface area contributed by atoms with Crippen LogP contribution in [0.5, 0.6) is 11.5 Å². The van der Waals surface area contributed by atoms with E-state index < -0.39 is 5.97 Å². The molecule has 3 rings (SSSR count). The van der Waals surface area contributed by atoms with Crippen LogP contribution in [0.1, 0.15) is 16.7 Å². The highest BCUT2D eigenvalue weighted by atomic mass is 16.5. The summed E-state index contributed by atoms with van der Waals surface area (Å²) >= 11 is 0. The molecule has 3 aromatic rings. The third kappa shape index (κ3) is 3.46. The van der Waals surface area contributed by atoms with Crippen LogP contribution in [0.2, 0.25) is 0 Å². The Kier molecular flexibility index (Phi) is 5.09. The molecule has 0 spiro atoms. The summed E-state index contributed by atoms with van der Waals surface area (Å²) in [5, 5.41) is 30.3. The van der Waals surface area contributed by atoms with Crippen LogP contribution in [-0.4, -0.2) is 23.3 Å². The van der Waals surface area contributed by atoms with E-state index in [2.05, 4.69) is 0 Å². The standard InChI is InChI=1S/C22H17NO4/c1-27-19-13-18(17(10-11-23)22(25)26)16-9-5-8-15(20(16)21(19)24)12-14-6-3-2-4-7-14/h2-10,13,24H,12H2,1H3,(H,25,26)/b17-10+. The van der Waals surface area contributed by atoms with E-state index in [4.69, 9.17) is 10.00 Å². The zero-order valence-corrected chi connectivity index (χ0v) is 14.6. The number of benzene rings is 3.